The molecule has 0 aliphatic carbocycles. The molecule has 36 heavy (non-hydrogen) atoms. The molecule has 0 aromatic rings. The summed E-state index contributed by atoms with van der Waals surface area (Å²) >= 11 is 0. The molecule has 13 heteroatoms. The third kappa shape index (κ3) is 20.6. The fourth-order valence-corrected chi connectivity index (χ4v) is 2.72. The Bertz CT molecular complexity index is 675. The Morgan fingerprint density at radius 2 is 1.36 bits per heavy atom. The van der Waals surface area contributed by atoms with E-state index in [0.29, 0.717) is 39.5 Å². The minimum Gasteiger partial charge on any atom is -0.481 e. The molecule has 0 bridgehead atoms. The molecule has 3 N–H and O–H groups in total. The van der Waals surface area contributed by atoms with Gasteiger partial charge in [-0.15, -0.1) is 0 Å². The lowest BCUT2D eigenvalue weighted by Crippen LogP contribution is -2.37. The van der Waals surface area contributed by atoms with Crippen molar-refractivity contribution in [2.75, 3.05) is 72.8 Å². The highest BCUT2D eigenvalue weighted by Gasteiger charge is 2.13. The second-order valence-electron chi connectivity index (χ2n) is 8.03. The molecule has 0 heterocycles. The minimum atomic E-state index is -1.03. The first-order valence-corrected chi connectivity index (χ1v) is 12.1. The maximum absolute atomic E-state index is 12.1. The summed E-state index contributed by atoms with van der Waals surface area (Å²) in [5.74, 6) is -3.03. The zero-order valence-electron chi connectivity index (χ0n) is 21.4. The summed E-state index contributed by atoms with van der Waals surface area (Å²) in [6, 6.07) is 0. The van der Waals surface area contributed by atoms with Gasteiger partial charge in [0, 0.05) is 46.1 Å². The second kappa shape index (κ2) is 21.5. The van der Waals surface area contributed by atoms with E-state index in [4.69, 9.17) is 24.4 Å². The Balaban J connectivity index is 4.27. The maximum Gasteiger partial charge on any atom is 0.320 e. The van der Waals surface area contributed by atoms with Gasteiger partial charge in [0.15, 0.2) is 0 Å². The Hall–Kier alpha value is -2.77. The number of esters is 1. The van der Waals surface area contributed by atoms with Gasteiger partial charge >= 0.3 is 17.9 Å². The third-order valence-electron chi connectivity index (χ3n) is 4.90. The normalized spacial score (nSPS) is 10.8. The molecule has 208 valence electrons. The summed E-state index contributed by atoms with van der Waals surface area (Å²) in [5, 5.41) is 19.8. The van der Waals surface area contributed by atoms with Crippen LogP contribution in [0.5, 0.6) is 0 Å². The van der Waals surface area contributed by atoms with Gasteiger partial charge in [0.05, 0.1) is 52.4 Å². The average Bonchev–Trinajstić information content (AvgIpc) is 2.82. The van der Waals surface area contributed by atoms with E-state index in [1.807, 2.05) is 11.8 Å². The van der Waals surface area contributed by atoms with Crippen LogP contribution >= 0.6 is 0 Å². The largest absolute Gasteiger partial charge is 0.481 e. The van der Waals surface area contributed by atoms with Crippen LogP contribution in [0.3, 0.4) is 0 Å². The van der Waals surface area contributed by atoms with Gasteiger partial charge in [0.2, 0.25) is 11.8 Å². The Morgan fingerprint density at radius 3 is 1.97 bits per heavy atom. The van der Waals surface area contributed by atoms with E-state index in [1.54, 1.807) is 7.05 Å². The van der Waals surface area contributed by atoms with Crippen LogP contribution in [0.25, 0.3) is 0 Å². The Morgan fingerprint density at radius 1 is 0.778 bits per heavy atom. The Labute approximate surface area is 212 Å². The zero-order valence-corrected chi connectivity index (χ0v) is 21.4. The molecule has 2 amide bonds. The molecule has 13 nitrogen and oxygen atoms in total. The number of ether oxygens (including phenoxy) is 3. The highest BCUT2D eigenvalue weighted by molar-refractivity contribution is 5.81. The number of amides is 2. The van der Waals surface area contributed by atoms with E-state index >= 15 is 0 Å². The summed E-state index contributed by atoms with van der Waals surface area (Å²) in [6.45, 7) is 4.96. The van der Waals surface area contributed by atoms with E-state index in [2.05, 4.69) is 5.32 Å². The number of carboxylic acids is 2. The van der Waals surface area contributed by atoms with Crippen molar-refractivity contribution < 1.29 is 48.4 Å². The van der Waals surface area contributed by atoms with Crippen LogP contribution in [0.4, 0.5) is 0 Å². The number of aliphatic carboxylic acids is 2. The van der Waals surface area contributed by atoms with Crippen molar-refractivity contribution in [3.8, 4) is 0 Å². The molecular formula is C23H41N3O10. The summed E-state index contributed by atoms with van der Waals surface area (Å²) in [5.41, 5.74) is 0. The average molecular weight is 520 g/mol. The van der Waals surface area contributed by atoms with Crippen molar-refractivity contribution in [1.29, 1.82) is 0 Å². The number of carbonyl (C=O) groups excluding carboxylic acids is 3. The lowest BCUT2D eigenvalue weighted by Gasteiger charge is -2.22. The van der Waals surface area contributed by atoms with Crippen molar-refractivity contribution in [2.45, 2.75) is 45.4 Å². The number of carbonyl (C=O) groups is 5. The monoisotopic (exact) mass is 519 g/mol. The van der Waals surface area contributed by atoms with Gasteiger partial charge in [-0.2, -0.15) is 0 Å². The highest BCUT2D eigenvalue weighted by atomic mass is 16.5. The maximum atomic E-state index is 12.1. The van der Waals surface area contributed by atoms with Crippen molar-refractivity contribution in [2.24, 2.45) is 0 Å². The first-order valence-electron chi connectivity index (χ1n) is 12.1. The number of likely N-dealkylation sites (N-methyl/N-ethyl adjacent to an activating group) is 1. The molecule has 0 aliphatic rings. The predicted molar refractivity (Wildman–Crippen MR) is 128 cm³/mol. The summed E-state index contributed by atoms with van der Waals surface area (Å²) in [4.78, 5) is 59.7. The van der Waals surface area contributed by atoms with Gasteiger partial charge < -0.3 is 34.6 Å². The van der Waals surface area contributed by atoms with Crippen LogP contribution in [-0.2, 0) is 38.2 Å². The van der Waals surface area contributed by atoms with Crippen LogP contribution < -0.4 is 5.32 Å². The standard InChI is InChI=1S/C23H41N3O10/c1-3-4-13-36-23(33)18-26(11-16-34-14-9-24-19(27)5-7-21(29)30)12-17-35-15-10-25(2)20(28)6-8-22(31)32/h3-18H2,1-2H3,(H,24,27)(H,29,30)(H,31,32). The minimum absolute atomic E-state index is 0.0637. The third-order valence-corrected chi connectivity index (χ3v) is 4.90. The first kappa shape index (κ1) is 33.2. The zero-order chi connectivity index (χ0) is 27.2. The van der Waals surface area contributed by atoms with Gasteiger partial charge in [-0.3, -0.25) is 28.9 Å². The van der Waals surface area contributed by atoms with E-state index in [9.17, 15) is 24.0 Å². The summed E-state index contributed by atoms with van der Waals surface area (Å²) in [7, 11) is 1.58. The molecular weight excluding hydrogens is 478 g/mol. The van der Waals surface area contributed by atoms with Gasteiger partial charge in [0.25, 0.3) is 0 Å². The van der Waals surface area contributed by atoms with Gasteiger partial charge in [-0.25, -0.2) is 0 Å². The number of hydrogen-bond donors (Lipinski definition) is 3. The van der Waals surface area contributed by atoms with Crippen LogP contribution in [0.2, 0.25) is 0 Å². The van der Waals surface area contributed by atoms with Crippen molar-refractivity contribution >= 4 is 29.7 Å². The van der Waals surface area contributed by atoms with E-state index in [-0.39, 0.29) is 69.8 Å². The summed E-state index contributed by atoms with van der Waals surface area (Å²) < 4.78 is 16.3. The number of hydrogen-bond acceptors (Lipinski definition) is 9. The molecule has 0 aromatic carbocycles. The van der Waals surface area contributed by atoms with Crippen LogP contribution in [0.1, 0.15) is 45.4 Å². The fourth-order valence-electron chi connectivity index (χ4n) is 2.72. The van der Waals surface area contributed by atoms with Crippen molar-refractivity contribution in [3.05, 3.63) is 0 Å². The quantitative estimate of drug-likeness (QED) is 0.122. The summed E-state index contributed by atoms with van der Waals surface area (Å²) in [6.07, 6.45) is 1.11. The fraction of sp³-hybridized carbons (Fsp3) is 0.783. The van der Waals surface area contributed by atoms with Crippen LogP contribution in [0.15, 0.2) is 0 Å². The SMILES string of the molecule is CCCCOC(=O)CN(CCOCCNC(=O)CCC(=O)O)CCOCCN(C)C(=O)CCC(=O)O. The molecule has 0 radical (unpaired) electrons. The molecule has 0 spiro atoms. The molecule has 0 fully saturated rings. The van der Waals surface area contributed by atoms with Gasteiger partial charge in [-0.05, 0) is 6.42 Å². The van der Waals surface area contributed by atoms with Crippen LogP contribution in [-0.4, -0.2) is 123 Å². The van der Waals surface area contributed by atoms with Crippen molar-refractivity contribution in [1.82, 2.24) is 15.1 Å². The van der Waals surface area contributed by atoms with Crippen molar-refractivity contribution in [3.63, 3.8) is 0 Å². The number of rotatable bonds is 23. The van der Waals surface area contributed by atoms with E-state index < -0.39 is 11.9 Å². The van der Waals surface area contributed by atoms with Gasteiger partial charge in [-0.1, -0.05) is 13.3 Å². The number of unbranched alkanes of at least 4 members (excludes halogenated alkanes) is 1. The lowest BCUT2D eigenvalue weighted by molar-refractivity contribution is -0.145. The second-order valence-corrected chi connectivity index (χ2v) is 8.03. The number of nitrogens with zero attached hydrogens (tertiary/aromatic N) is 2. The van der Waals surface area contributed by atoms with Crippen LogP contribution in [0, 0.1) is 0 Å². The highest BCUT2D eigenvalue weighted by Crippen LogP contribution is 1.98. The Kier molecular flexibility index (Phi) is 19.9. The molecule has 0 aromatic heterocycles. The number of nitrogens with one attached hydrogen (secondary N) is 1. The molecule has 0 saturated heterocycles. The lowest BCUT2D eigenvalue weighted by atomic mass is 10.3. The predicted octanol–water partition coefficient (Wildman–Crippen LogP) is -0.0309. The van der Waals surface area contributed by atoms with Gasteiger partial charge in [0.1, 0.15) is 0 Å². The number of carboxylic acid groups (broad SMARTS) is 2. The molecule has 0 aliphatic heterocycles. The first-order chi connectivity index (χ1) is 17.1. The molecule has 0 unspecified atom stereocenters. The van der Waals surface area contributed by atoms with E-state index in [1.165, 1.54) is 4.90 Å². The molecule has 0 saturated carbocycles. The smallest absolute Gasteiger partial charge is 0.320 e. The molecule has 0 rings (SSSR count). The molecule has 0 atom stereocenters. The topological polar surface area (TPSA) is 172 Å². The van der Waals surface area contributed by atoms with E-state index in [0.717, 1.165) is 12.8 Å².